The van der Waals surface area contributed by atoms with Gasteiger partial charge in [0.05, 0.1) is 0 Å². The molecule has 0 fully saturated rings. The number of hydrogen-bond donors (Lipinski definition) is 2. The molecule has 1 rings (SSSR count). The van der Waals surface area contributed by atoms with Gasteiger partial charge in [-0.1, -0.05) is 28.1 Å². The lowest BCUT2D eigenvalue weighted by atomic mass is 10.1. The van der Waals surface area contributed by atoms with Crippen LogP contribution in [-0.4, -0.2) is 19.6 Å². The van der Waals surface area contributed by atoms with E-state index in [0.29, 0.717) is 0 Å². The third kappa shape index (κ3) is 4.74. The molecule has 1 aromatic carbocycles. The molecular weight excluding hydrogens is 240 g/mol. The van der Waals surface area contributed by atoms with Crippen molar-refractivity contribution >= 4 is 15.9 Å². The van der Waals surface area contributed by atoms with Gasteiger partial charge in [0, 0.05) is 4.47 Å². The zero-order valence-electron chi connectivity index (χ0n) is 8.30. The highest BCUT2D eigenvalue weighted by Crippen LogP contribution is 2.10. The fraction of sp³-hybridized carbons (Fsp3) is 0.455. The number of hydrogen-bond acceptors (Lipinski definition) is 2. The molecule has 0 bridgehead atoms. The van der Waals surface area contributed by atoms with Crippen molar-refractivity contribution < 1.29 is 0 Å². The zero-order chi connectivity index (χ0) is 10.2. The molecule has 0 saturated heterocycles. The lowest BCUT2D eigenvalue weighted by Gasteiger charge is -2.03. The SMILES string of the molecule is NCCCNCCc1ccc(Br)cc1. The summed E-state index contributed by atoms with van der Waals surface area (Å²) in [4.78, 5) is 0. The smallest absolute Gasteiger partial charge is 0.0175 e. The van der Waals surface area contributed by atoms with Gasteiger partial charge < -0.3 is 11.1 Å². The van der Waals surface area contributed by atoms with Crippen LogP contribution < -0.4 is 11.1 Å². The summed E-state index contributed by atoms with van der Waals surface area (Å²) in [6, 6.07) is 8.45. The fourth-order valence-corrected chi connectivity index (χ4v) is 1.50. The average molecular weight is 257 g/mol. The molecule has 14 heavy (non-hydrogen) atoms. The van der Waals surface area contributed by atoms with E-state index in [1.54, 1.807) is 0 Å². The minimum Gasteiger partial charge on any atom is -0.330 e. The van der Waals surface area contributed by atoms with E-state index in [2.05, 4.69) is 45.5 Å². The Morgan fingerprint density at radius 1 is 1.14 bits per heavy atom. The van der Waals surface area contributed by atoms with E-state index in [1.165, 1.54) is 5.56 Å². The predicted molar refractivity (Wildman–Crippen MR) is 64.4 cm³/mol. The highest BCUT2D eigenvalue weighted by Gasteiger charge is 1.92. The maximum absolute atomic E-state index is 5.39. The van der Waals surface area contributed by atoms with Crippen LogP contribution in [0.2, 0.25) is 0 Å². The molecule has 0 unspecified atom stereocenters. The molecule has 3 N–H and O–H groups in total. The summed E-state index contributed by atoms with van der Waals surface area (Å²) in [5.74, 6) is 0. The third-order valence-electron chi connectivity index (χ3n) is 2.06. The largest absolute Gasteiger partial charge is 0.330 e. The van der Waals surface area contributed by atoms with Gasteiger partial charge in [-0.15, -0.1) is 0 Å². The van der Waals surface area contributed by atoms with Crippen molar-refractivity contribution in [3.05, 3.63) is 34.3 Å². The second kappa shape index (κ2) is 6.98. The number of rotatable bonds is 6. The molecular formula is C11H17BrN2. The first-order valence-electron chi connectivity index (χ1n) is 4.98. The molecule has 0 atom stereocenters. The summed E-state index contributed by atoms with van der Waals surface area (Å²) in [7, 11) is 0. The standard InChI is InChI=1S/C11H17BrN2/c12-11-4-2-10(3-5-11)6-9-14-8-1-7-13/h2-5,14H,1,6-9,13H2. The van der Waals surface area contributed by atoms with Crippen LogP contribution in [-0.2, 0) is 6.42 Å². The van der Waals surface area contributed by atoms with E-state index in [0.717, 1.165) is 36.9 Å². The van der Waals surface area contributed by atoms with Gasteiger partial charge in [0.2, 0.25) is 0 Å². The normalized spacial score (nSPS) is 10.4. The Balaban J connectivity index is 2.15. The van der Waals surface area contributed by atoms with E-state index < -0.39 is 0 Å². The van der Waals surface area contributed by atoms with Gasteiger partial charge >= 0.3 is 0 Å². The molecule has 0 aliphatic carbocycles. The monoisotopic (exact) mass is 256 g/mol. The second-order valence-corrected chi connectivity index (χ2v) is 4.18. The van der Waals surface area contributed by atoms with Crippen LogP contribution >= 0.6 is 15.9 Å². The Bertz CT molecular complexity index is 246. The number of benzene rings is 1. The zero-order valence-corrected chi connectivity index (χ0v) is 9.89. The van der Waals surface area contributed by atoms with Crippen molar-refractivity contribution in [3.8, 4) is 0 Å². The van der Waals surface area contributed by atoms with Crippen LogP contribution in [0.3, 0.4) is 0 Å². The first-order chi connectivity index (χ1) is 6.83. The molecule has 0 saturated carbocycles. The Kier molecular flexibility index (Phi) is 5.83. The van der Waals surface area contributed by atoms with E-state index in [4.69, 9.17) is 5.73 Å². The number of nitrogens with one attached hydrogen (secondary N) is 1. The molecule has 2 nitrogen and oxygen atoms in total. The van der Waals surface area contributed by atoms with Gasteiger partial charge in [-0.3, -0.25) is 0 Å². The van der Waals surface area contributed by atoms with Crippen LogP contribution in [0.15, 0.2) is 28.7 Å². The number of halogens is 1. The van der Waals surface area contributed by atoms with Crippen molar-refractivity contribution in [2.45, 2.75) is 12.8 Å². The van der Waals surface area contributed by atoms with Gasteiger partial charge in [-0.05, 0) is 50.2 Å². The summed E-state index contributed by atoms with van der Waals surface area (Å²) >= 11 is 3.42. The molecule has 0 aliphatic heterocycles. The van der Waals surface area contributed by atoms with Crippen LogP contribution in [0, 0.1) is 0 Å². The predicted octanol–water partition coefficient (Wildman–Crippen LogP) is 1.93. The molecule has 0 spiro atoms. The molecule has 0 radical (unpaired) electrons. The van der Waals surface area contributed by atoms with E-state index in [1.807, 2.05) is 0 Å². The van der Waals surface area contributed by atoms with Crippen molar-refractivity contribution in [2.75, 3.05) is 19.6 Å². The minimum atomic E-state index is 0.769. The van der Waals surface area contributed by atoms with E-state index in [9.17, 15) is 0 Å². The second-order valence-electron chi connectivity index (χ2n) is 3.27. The summed E-state index contributed by atoms with van der Waals surface area (Å²) < 4.78 is 1.14. The summed E-state index contributed by atoms with van der Waals surface area (Å²) in [6.07, 6.45) is 2.14. The fourth-order valence-electron chi connectivity index (χ4n) is 1.24. The molecule has 3 heteroatoms. The van der Waals surface area contributed by atoms with Gasteiger partial charge in [0.1, 0.15) is 0 Å². The lowest BCUT2D eigenvalue weighted by Crippen LogP contribution is -2.20. The van der Waals surface area contributed by atoms with Crippen LogP contribution in [0.25, 0.3) is 0 Å². The highest BCUT2D eigenvalue weighted by atomic mass is 79.9. The molecule has 0 aromatic heterocycles. The topological polar surface area (TPSA) is 38.0 Å². The third-order valence-corrected chi connectivity index (χ3v) is 2.59. The summed E-state index contributed by atoms with van der Waals surface area (Å²) in [5.41, 5.74) is 6.76. The van der Waals surface area contributed by atoms with E-state index >= 15 is 0 Å². The molecule has 0 amide bonds. The first kappa shape index (κ1) is 11.7. The van der Waals surface area contributed by atoms with Gasteiger partial charge in [-0.2, -0.15) is 0 Å². The van der Waals surface area contributed by atoms with Crippen molar-refractivity contribution in [2.24, 2.45) is 5.73 Å². The summed E-state index contributed by atoms with van der Waals surface area (Å²) in [5, 5.41) is 3.36. The van der Waals surface area contributed by atoms with Crippen molar-refractivity contribution in [1.82, 2.24) is 5.32 Å². The first-order valence-corrected chi connectivity index (χ1v) is 5.77. The average Bonchev–Trinajstić information content (AvgIpc) is 2.21. The minimum absolute atomic E-state index is 0.769. The van der Waals surface area contributed by atoms with Crippen molar-refractivity contribution in [3.63, 3.8) is 0 Å². The van der Waals surface area contributed by atoms with Gasteiger partial charge in [0.25, 0.3) is 0 Å². The van der Waals surface area contributed by atoms with E-state index in [-0.39, 0.29) is 0 Å². The maximum Gasteiger partial charge on any atom is 0.0175 e. The Labute approximate surface area is 94.0 Å². The number of nitrogens with two attached hydrogens (primary N) is 1. The Morgan fingerprint density at radius 3 is 2.50 bits per heavy atom. The molecule has 0 aliphatic rings. The van der Waals surface area contributed by atoms with Crippen molar-refractivity contribution in [1.29, 1.82) is 0 Å². The molecule has 1 aromatic rings. The van der Waals surface area contributed by atoms with Crippen LogP contribution in [0.4, 0.5) is 0 Å². The Morgan fingerprint density at radius 2 is 1.86 bits per heavy atom. The quantitative estimate of drug-likeness (QED) is 0.764. The van der Waals surface area contributed by atoms with Crippen LogP contribution in [0.5, 0.6) is 0 Å². The summed E-state index contributed by atoms with van der Waals surface area (Å²) in [6.45, 7) is 2.82. The van der Waals surface area contributed by atoms with Gasteiger partial charge in [0.15, 0.2) is 0 Å². The molecule has 0 heterocycles. The lowest BCUT2D eigenvalue weighted by molar-refractivity contribution is 0.653. The Hall–Kier alpha value is -0.380. The maximum atomic E-state index is 5.39. The van der Waals surface area contributed by atoms with Gasteiger partial charge in [-0.25, -0.2) is 0 Å². The molecule has 78 valence electrons. The highest BCUT2D eigenvalue weighted by molar-refractivity contribution is 9.10. The van der Waals surface area contributed by atoms with Crippen LogP contribution in [0.1, 0.15) is 12.0 Å².